The smallest absolute Gasteiger partial charge is 0.232 e. The average molecular weight is 341 g/mol. The molecule has 132 valence electrons. The lowest BCUT2D eigenvalue weighted by Gasteiger charge is -2.24. The van der Waals surface area contributed by atoms with Gasteiger partial charge < -0.3 is 20.3 Å². The first kappa shape index (κ1) is 17.6. The lowest BCUT2D eigenvalue weighted by molar-refractivity contribution is -0.123. The van der Waals surface area contributed by atoms with Crippen LogP contribution < -0.4 is 5.32 Å². The Hall–Kier alpha value is -2.21. The highest BCUT2D eigenvalue weighted by molar-refractivity contribution is 5.87. The van der Waals surface area contributed by atoms with Crippen LogP contribution in [-0.4, -0.2) is 47.1 Å². The molecule has 0 bridgehead atoms. The summed E-state index contributed by atoms with van der Waals surface area (Å²) in [4.78, 5) is 13.0. The minimum absolute atomic E-state index is 0.199. The molecule has 5 heteroatoms. The molecule has 1 saturated heterocycles. The number of rotatable bonds is 5. The summed E-state index contributed by atoms with van der Waals surface area (Å²) in [5.74, 6) is -0.675. The van der Waals surface area contributed by atoms with Crippen molar-refractivity contribution in [2.45, 2.75) is 37.2 Å². The van der Waals surface area contributed by atoms with E-state index in [9.17, 15) is 15.0 Å². The Bertz CT molecular complexity index is 652. The lowest BCUT2D eigenvalue weighted by Crippen LogP contribution is -2.48. The number of ether oxygens (including phenoxy) is 1. The van der Waals surface area contributed by atoms with Crippen molar-refractivity contribution in [2.24, 2.45) is 0 Å². The minimum atomic E-state index is -0.934. The number of benzene rings is 2. The van der Waals surface area contributed by atoms with Gasteiger partial charge in [0.2, 0.25) is 5.91 Å². The first-order valence-electron chi connectivity index (χ1n) is 8.46. The highest BCUT2D eigenvalue weighted by Gasteiger charge is 2.42. The third kappa shape index (κ3) is 3.74. The van der Waals surface area contributed by atoms with Crippen LogP contribution in [0.3, 0.4) is 0 Å². The summed E-state index contributed by atoms with van der Waals surface area (Å²) in [7, 11) is 0. The van der Waals surface area contributed by atoms with Gasteiger partial charge in [-0.3, -0.25) is 4.79 Å². The molecule has 0 spiro atoms. The van der Waals surface area contributed by atoms with Gasteiger partial charge in [-0.25, -0.2) is 0 Å². The number of hydrogen-bond donors (Lipinski definition) is 3. The molecular weight excluding hydrogens is 318 g/mol. The van der Waals surface area contributed by atoms with Crippen molar-refractivity contribution in [2.75, 3.05) is 6.61 Å². The molecule has 0 saturated carbocycles. The molecule has 5 nitrogen and oxygen atoms in total. The van der Waals surface area contributed by atoms with Crippen LogP contribution in [0.2, 0.25) is 0 Å². The third-order valence-electron chi connectivity index (χ3n) is 4.66. The molecular formula is C20H23NO4. The molecule has 0 aliphatic carbocycles. The van der Waals surface area contributed by atoms with Crippen LogP contribution in [-0.2, 0) is 9.53 Å². The largest absolute Gasteiger partial charge is 0.394 e. The zero-order chi connectivity index (χ0) is 17.8. The highest BCUT2D eigenvalue weighted by Crippen LogP contribution is 2.27. The maximum atomic E-state index is 13.0. The number of carbonyl (C=O) groups excluding carboxylic acids is 1. The molecule has 4 atom stereocenters. The van der Waals surface area contributed by atoms with E-state index in [-0.39, 0.29) is 18.6 Å². The van der Waals surface area contributed by atoms with Gasteiger partial charge in [0.15, 0.2) is 0 Å². The predicted molar refractivity (Wildman–Crippen MR) is 94.1 cm³/mol. The zero-order valence-electron chi connectivity index (χ0n) is 14.1. The summed E-state index contributed by atoms with van der Waals surface area (Å²) < 4.78 is 5.51. The first-order chi connectivity index (χ1) is 12.1. The Morgan fingerprint density at radius 3 is 2.04 bits per heavy atom. The van der Waals surface area contributed by atoms with Crippen LogP contribution >= 0.6 is 0 Å². The van der Waals surface area contributed by atoms with Crippen molar-refractivity contribution in [3.05, 3.63) is 71.8 Å². The van der Waals surface area contributed by atoms with Gasteiger partial charge in [-0.2, -0.15) is 0 Å². The van der Waals surface area contributed by atoms with Gasteiger partial charge >= 0.3 is 0 Å². The van der Waals surface area contributed by atoms with Gasteiger partial charge in [0.05, 0.1) is 24.7 Å². The van der Waals surface area contributed by atoms with Crippen molar-refractivity contribution in [3.63, 3.8) is 0 Å². The van der Waals surface area contributed by atoms with Crippen LogP contribution in [0.5, 0.6) is 0 Å². The van der Waals surface area contributed by atoms with Crippen molar-refractivity contribution in [1.82, 2.24) is 5.32 Å². The minimum Gasteiger partial charge on any atom is -0.394 e. The average Bonchev–Trinajstić information content (AvgIpc) is 2.91. The molecule has 1 fully saturated rings. The summed E-state index contributed by atoms with van der Waals surface area (Å²) in [6.07, 6.45) is -1.98. The van der Waals surface area contributed by atoms with Gasteiger partial charge in [-0.1, -0.05) is 60.7 Å². The molecule has 1 unspecified atom stereocenters. The maximum absolute atomic E-state index is 13.0. The topological polar surface area (TPSA) is 78.8 Å². The SMILES string of the molecule is C[C@@H]1O[C@H](CO)[C@H](O)C1NC(=O)C(c1ccccc1)c1ccccc1. The normalized spacial score (nSPS) is 25.9. The van der Waals surface area contributed by atoms with E-state index < -0.39 is 24.2 Å². The molecule has 1 aliphatic heterocycles. The number of aliphatic hydroxyl groups is 2. The van der Waals surface area contributed by atoms with Crippen LogP contribution in [0.15, 0.2) is 60.7 Å². The number of nitrogens with one attached hydrogen (secondary N) is 1. The number of amides is 1. The fraction of sp³-hybridized carbons (Fsp3) is 0.350. The van der Waals surface area contributed by atoms with Crippen LogP contribution in [0, 0.1) is 0 Å². The van der Waals surface area contributed by atoms with Crippen molar-refractivity contribution in [1.29, 1.82) is 0 Å². The lowest BCUT2D eigenvalue weighted by atomic mass is 9.90. The highest BCUT2D eigenvalue weighted by atomic mass is 16.5. The summed E-state index contributed by atoms with van der Waals surface area (Å²) in [5.41, 5.74) is 1.76. The second kappa shape index (κ2) is 7.78. The Kier molecular flexibility index (Phi) is 5.48. The molecule has 25 heavy (non-hydrogen) atoms. The van der Waals surface area contributed by atoms with Gasteiger partial charge in [-0.15, -0.1) is 0 Å². The fourth-order valence-corrected chi connectivity index (χ4v) is 3.34. The molecule has 1 amide bonds. The fourth-order valence-electron chi connectivity index (χ4n) is 3.34. The van der Waals surface area contributed by atoms with Gasteiger partial charge in [0.25, 0.3) is 0 Å². The van der Waals surface area contributed by atoms with E-state index in [1.165, 1.54) is 0 Å². The quantitative estimate of drug-likeness (QED) is 0.769. The molecule has 0 radical (unpaired) electrons. The summed E-state index contributed by atoms with van der Waals surface area (Å²) in [6, 6.07) is 18.5. The maximum Gasteiger partial charge on any atom is 0.232 e. The Morgan fingerprint density at radius 1 is 1.08 bits per heavy atom. The monoisotopic (exact) mass is 341 g/mol. The number of hydrogen-bond acceptors (Lipinski definition) is 4. The second-order valence-electron chi connectivity index (χ2n) is 6.34. The molecule has 1 aliphatic rings. The van der Waals surface area contributed by atoms with E-state index in [4.69, 9.17) is 4.74 Å². The number of aliphatic hydroxyl groups excluding tert-OH is 2. The van der Waals surface area contributed by atoms with Gasteiger partial charge in [0.1, 0.15) is 12.2 Å². The first-order valence-corrected chi connectivity index (χ1v) is 8.46. The molecule has 2 aromatic rings. The third-order valence-corrected chi connectivity index (χ3v) is 4.66. The molecule has 3 N–H and O–H groups in total. The van der Waals surface area contributed by atoms with Crippen LogP contribution in [0.1, 0.15) is 24.0 Å². The van der Waals surface area contributed by atoms with Crippen molar-refractivity contribution in [3.8, 4) is 0 Å². The molecule has 1 heterocycles. The number of carbonyl (C=O) groups is 1. The van der Waals surface area contributed by atoms with E-state index in [1.807, 2.05) is 60.7 Å². The van der Waals surface area contributed by atoms with Crippen LogP contribution in [0.25, 0.3) is 0 Å². The summed E-state index contributed by atoms with van der Waals surface area (Å²) in [5, 5.41) is 22.5. The summed E-state index contributed by atoms with van der Waals surface area (Å²) in [6.45, 7) is 1.50. The van der Waals surface area contributed by atoms with Gasteiger partial charge in [-0.05, 0) is 18.1 Å². The van der Waals surface area contributed by atoms with E-state index >= 15 is 0 Å². The van der Waals surface area contributed by atoms with E-state index in [0.29, 0.717) is 0 Å². The zero-order valence-corrected chi connectivity index (χ0v) is 14.1. The molecule has 2 aromatic carbocycles. The predicted octanol–water partition coefficient (Wildman–Crippen LogP) is 1.44. The van der Waals surface area contributed by atoms with Gasteiger partial charge in [0, 0.05) is 0 Å². The Morgan fingerprint density at radius 2 is 1.60 bits per heavy atom. The van der Waals surface area contributed by atoms with E-state index in [0.717, 1.165) is 11.1 Å². The Balaban J connectivity index is 1.86. The standard InChI is InChI=1S/C20H23NO4/c1-13-18(19(23)16(12-22)25-13)21-20(24)17(14-8-4-2-5-9-14)15-10-6-3-7-11-15/h2-11,13,16-19,22-23H,12H2,1H3,(H,21,24)/t13-,16+,18?,19-/m0/s1. The second-order valence-corrected chi connectivity index (χ2v) is 6.34. The van der Waals surface area contributed by atoms with Crippen LogP contribution in [0.4, 0.5) is 0 Å². The van der Waals surface area contributed by atoms with Crippen molar-refractivity contribution < 1.29 is 19.7 Å². The summed E-state index contributed by atoms with van der Waals surface area (Å²) >= 11 is 0. The molecule has 3 rings (SSSR count). The molecule has 0 aromatic heterocycles. The van der Waals surface area contributed by atoms with Crippen molar-refractivity contribution >= 4 is 5.91 Å². The van der Waals surface area contributed by atoms with E-state index in [2.05, 4.69) is 5.32 Å². The van der Waals surface area contributed by atoms with E-state index in [1.54, 1.807) is 6.92 Å². The Labute approximate surface area is 147 Å².